The zero-order valence-corrected chi connectivity index (χ0v) is 17.1. The normalized spacial score (nSPS) is 15.6. The van der Waals surface area contributed by atoms with Gasteiger partial charge in [0.05, 0.1) is 10.0 Å². The Bertz CT molecular complexity index is 755. The number of halogens is 2. The van der Waals surface area contributed by atoms with Gasteiger partial charge in [0.1, 0.15) is 5.69 Å². The van der Waals surface area contributed by atoms with Crippen LogP contribution in [-0.4, -0.2) is 46.0 Å². The Kier molecular flexibility index (Phi) is 6.14. The number of piperidine rings is 1. The van der Waals surface area contributed by atoms with Crippen molar-refractivity contribution < 1.29 is 4.79 Å². The van der Waals surface area contributed by atoms with Gasteiger partial charge in [-0.3, -0.25) is 4.79 Å². The summed E-state index contributed by atoms with van der Waals surface area (Å²) in [6.45, 7) is 5.57. The third kappa shape index (κ3) is 4.24. The van der Waals surface area contributed by atoms with Crippen LogP contribution in [0.3, 0.4) is 0 Å². The first-order chi connectivity index (χ1) is 12.0. The summed E-state index contributed by atoms with van der Waals surface area (Å²) in [7, 11) is 0. The highest BCUT2D eigenvalue weighted by Gasteiger charge is 2.25. The third-order valence-electron chi connectivity index (χ3n) is 4.05. The number of thioether (sulfide) groups is 1. The number of aryl methyl sites for hydroxylation is 1. The number of rotatable bonds is 5. The van der Waals surface area contributed by atoms with Crippen LogP contribution in [-0.2, 0) is 0 Å². The van der Waals surface area contributed by atoms with Gasteiger partial charge in [0, 0.05) is 24.8 Å². The van der Waals surface area contributed by atoms with Crippen molar-refractivity contribution >= 4 is 57.3 Å². The molecule has 2 aromatic rings. The molecule has 0 saturated carbocycles. The lowest BCUT2D eigenvalue weighted by Gasteiger charge is -2.31. The molecule has 1 fully saturated rings. The molecule has 1 aliphatic heterocycles. The second kappa shape index (κ2) is 8.16. The van der Waals surface area contributed by atoms with Crippen molar-refractivity contribution in [1.82, 2.24) is 20.5 Å². The number of aromatic amines is 1. The summed E-state index contributed by atoms with van der Waals surface area (Å²) >= 11 is 15.5. The van der Waals surface area contributed by atoms with Gasteiger partial charge in [0.2, 0.25) is 5.13 Å². The lowest BCUT2D eigenvalue weighted by molar-refractivity contribution is 0.0926. The molecule has 0 bridgehead atoms. The van der Waals surface area contributed by atoms with Crippen molar-refractivity contribution in [2.45, 2.75) is 37.1 Å². The van der Waals surface area contributed by atoms with Crippen molar-refractivity contribution in [3.05, 3.63) is 21.4 Å². The molecular weight excluding hydrogens is 401 g/mol. The van der Waals surface area contributed by atoms with E-state index in [-0.39, 0.29) is 17.0 Å². The van der Waals surface area contributed by atoms with Crippen LogP contribution in [0.5, 0.6) is 0 Å². The first kappa shape index (κ1) is 18.8. The lowest BCUT2D eigenvalue weighted by Crippen LogP contribution is -2.44. The molecule has 136 valence electrons. The first-order valence-electron chi connectivity index (χ1n) is 8.05. The molecule has 10 heteroatoms. The smallest absolute Gasteiger partial charge is 0.269 e. The van der Waals surface area contributed by atoms with Crippen LogP contribution >= 0.6 is 46.3 Å². The van der Waals surface area contributed by atoms with Gasteiger partial charge in [0.15, 0.2) is 4.34 Å². The Morgan fingerprint density at radius 1 is 1.36 bits per heavy atom. The Labute approximate surface area is 164 Å². The molecule has 0 spiro atoms. The molecule has 0 aliphatic carbocycles. The van der Waals surface area contributed by atoms with Crippen molar-refractivity contribution in [3.8, 4) is 0 Å². The van der Waals surface area contributed by atoms with E-state index in [1.54, 1.807) is 30.0 Å². The van der Waals surface area contributed by atoms with Crippen molar-refractivity contribution in [3.63, 3.8) is 0 Å². The van der Waals surface area contributed by atoms with Crippen LogP contribution in [0.2, 0.25) is 10.0 Å². The van der Waals surface area contributed by atoms with E-state index in [1.807, 2.05) is 0 Å². The third-order valence-corrected chi connectivity index (χ3v) is 6.99. The van der Waals surface area contributed by atoms with Crippen molar-refractivity contribution in [2.75, 3.05) is 23.7 Å². The minimum Gasteiger partial charge on any atom is -0.352 e. The monoisotopic (exact) mass is 419 g/mol. The number of nitrogens with one attached hydrogen (secondary N) is 2. The number of hydrogen-bond donors (Lipinski definition) is 2. The van der Waals surface area contributed by atoms with E-state index >= 15 is 0 Å². The zero-order chi connectivity index (χ0) is 18.0. The van der Waals surface area contributed by atoms with E-state index in [9.17, 15) is 4.79 Å². The summed E-state index contributed by atoms with van der Waals surface area (Å²) in [6.07, 6.45) is 1.71. The fourth-order valence-corrected chi connectivity index (χ4v) is 4.92. The highest BCUT2D eigenvalue weighted by molar-refractivity contribution is 8.01. The van der Waals surface area contributed by atoms with Gasteiger partial charge in [-0.15, -0.1) is 10.2 Å². The molecule has 3 heterocycles. The number of carbonyl (C=O) groups excluding carboxylic acids is 1. The fraction of sp³-hybridized carbons (Fsp3) is 0.533. The van der Waals surface area contributed by atoms with Crippen LogP contribution in [0.25, 0.3) is 0 Å². The van der Waals surface area contributed by atoms with E-state index in [4.69, 9.17) is 23.2 Å². The van der Waals surface area contributed by atoms with Gasteiger partial charge in [-0.25, -0.2) is 0 Å². The predicted molar refractivity (Wildman–Crippen MR) is 105 cm³/mol. The average Bonchev–Trinajstić information content (AvgIpc) is 3.16. The molecule has 3 rings (SSSR count). The molecule has 1 saturated heterocycles. The fourth-order valence-electron chi connectivity index (χ4n) is 2.71. The number of nitrogens with zero attached hydrogens (tertiary/aromatic N) is 3. The molecular formula is C15H19Cl2N5OS2. The topological polar surface area (TPSA) is 73.9 Å². The first-order valence-corrected chi connectivity index (χ1v) is 10.6. The van der Waals surface area contributed by atoms with Gasteiger partial charge in [-0.1, -0.05) is 53.2 Å². The zero-order valence-electron chi connectivity index (χ0n) is 13.9. The summed E-state index contributed by atoms with van der Waals surface area (Å²) in [5.41, 5.74) is 1.03. The maximum atomic E-state index is 12.4. The van der Waals surface area contributed by atoms with Gasteiger partial charge >= 0.3 is 0 Å². The van der Waals surface area contributed by atoms with E-state index in [0.717, 1.165) is 41.2 Å². The van der Waals surface area contributed by atoms with Crippen LogP contribution in [0.15, 0.2) is 4.34 Å². The van der Waals surface area contributed by atoms with Crippen LogP contribution < -0.4 is 10.2 Å². The number of carbonyl (C=O) groups is 1. The standard InChI is InChI=1S/C15H19Cl2N5OS2/c1-3-24-15-21-20-14(25-15)22-6-4-9(5-7-22)19-13(23)12-11(17)10(16)8(2)18-12/h9,18H,3-7H2,1-2H3,(H,19,23). The van der Waals surface area contributed by atoms with Gasteiger partial charge in [0.25, 0.3) is 5.91 Å². The lowest BCUT2D eigenvalue weighted by atomic mass is 10.1. The number of aromatic nitrogens is 3. The maximum Gasteiger partial charge on any atom is 0.269 e. The van der Waals surface area contributed by atoms with Crippen LogP contribution in [0.1, 0.15) is 35.9 Å². The average molecular weight is 420 g/mol. The minimum atomic E-state index is -0.212. The molecule has 0 atom stereocenters. The summed E-state index contributed by atoms with van der Waals surface area (Å²) < 4.78 is 1.00. The summed E-state index contributed by atoms with van der Waals surface area (Å²) in [6, 6.07) is 0.111. The molecule has 1 aliphatic rings. The second-order valence-corrected chi connectivity index (χ2v) is 8.99. The second-order valence-electron chi connectivity index (χ2n) is 5.77. The van der Waals surface area contributed by atoms with Crippen LogP contribution in [0, 0.1) is 6.92 Å². The van der Waals surface area contributed by atoms with Crippen molar-refractivity contribution in [1.29, 1.82) is 0 Å². The Hall–Kier alpha value is -0.960. The molecule has 0 aromatic carbocycles. The quantitative estimate of drug-likeness (QED) is 0.716. The predicted octanol–water partition coefficient (Wildman–Crippen LogP) is 3.99. The number of amides is 1. The van der Waals surface area contributed by atoms with Gasteiger partial charge in [-0.05, 0) is 25.5 Å². The summed E-state index contributed by atoms with van der Waals surface area (Å²) in [5.74, 6) is 0.782. The number of anilines is 1. The molecule has 6 nitrogen and oxygen atoms in total. The van der Waals surface area contributed by atoms with E-state index in [2.05, 4.69) is 32.3 Å². The van der Waals surface area contributed by atoms with Crippen LogP contribution in [0.4, 0.5) is 5.13 Å². The Morgan fingerprint density at radius 2 is 2.08 bits per heavy atom. The largest absolute Gasteiger partial charge is 0.352 e. The van der Waals surface area contributed by atoms with Gasteiger partial charge < -0.3 is 15.2 Å². The molecule has 1 amide bonds. The maximum absolute atomic E-state index is 12.4. The summed E-state index contributed by atoms with van der Waals surface area (Å²) in [4.78, 5) is 17.6. The number of hydrogen-bond acceptors (Lipinski definition) is 6. The van der Waals surface area contributed by atoms with E-state index in [1.165, 1.54) is 0 Å². The minimum absolute atomic E-state index is 0.111. The number of H-pyrrole nitrogens is 1. The highest BCUT2D eigenvalue weighted by Crippen LogP contribution is 2.31. The molecule has 0 unspecified atom stereocenters. The highest BCUT2D eigenvalue weighted by atomic mass is 35.5. The Morgan fingerprint density at radius 3 is 2.68 bits per heavy atom. The SMILES string of the molecule is CCSc1nnc(N2CCC(NC(=O)c3[nH]c(C)c(Cl)c3Cl)CC2)s1. The summed E-state index contributed by atoms with van der Waals surface area (Å²) in [5, 5.41) is 13.1. The van der Waals surface area contributed by atoms with Gasteiger partial charge in [-0.2, -0.15) is 0 Å². The Balaban J connectivity index is 1.55. The van der Waals surface area contributed by atoms with E-state index < -0.39 is 0 Å². The van der Waals surface area contributed by atoms with Crippen molar-refractivity contribution in [2.24, 2.45) is 0 Å². The van der Waals surface area contributed by atoms with E-state index in [0.29, 0.717) is 16.4 Å². The molecule has 25 heavy (non-hydrogen) atoms. The molecule has 2 N–H and O–H groups in total. The molecule has 0 radical (unpaired) electrons. The molecule has 2 aromatic heterocycles.